The molecule has 1 atom stereocenters. The van der Waals surface area contributed by atoms with Gasteiger partial charge in [0.25, 0.3) is 0 Å². The third kappa shape index (κ3) is 8.36. The first kappa shape index (κ1) is 20.1. The molecule has 6 heteroatoms. The highest BCUT2D eigenvalue weighted by atomic mass is 127. The van der Waals surface area contributed by atoms with E-state index < -0.39 is 0 Å². The van der Waals surface area contributed by atoms with Crippen LogP contribution >= 0.6 is 35.7 Å². The number of ether oxygens (including phenoxy) is 1. The summed E-state index contributed by atoms with van der Waals surface area (Å²) in [4.78, 5) is 6.89. The fourth-order valence-corrected chi connectivity index (χ4v) is 2.61. The molecule has 0 aromatic rings. The Bertz CT molecular complexity index is 284. The molecule has 1 heterocycles. The van der Waals surface area contributed by atoms with Crippen LogP contribution in [0.5, 0.6) is 0 Å². The largest absolute Gasteiger partial charge is 0.381 e. The monoisotopic (exact) mass is 413 g/mol. The highest BCUT2D eigenvalue weighted by molar-refractivity contribution is 14.0. The van der Waals surface area contributed by atoms with Crippen molar-refractivity contribution in [3.8, 4) is 0 Å². The molecular formula is C14H28IN3OS. The minimum atomic E-state index is 0. The van der Waals surface area contributed by atoms with Gasteiger partial charge in [-0.25, -0.2) is 0 Å². The molecule has 1 fully saturated rings. The third-order valence-corrected chi connectivity index (χ3v) is 3.93. The second-order valence-corrected chi connectivity index (χ2v) is 5.86. The number of nitrogens with one attached hydrogen (secondary N) is 1. The summed E-state index contributed by atoms with van der Waals surface area (Å²) in [6.45, 7) is 10.4. The van der Waals surface area contributed by atoms with Crippen molar-refractivity contribution in [1.29, 1.82) is 0 Å². The van der Waals surface area contributed by atoms with Crippen LogP contribution in [-0.2, 0) is 4.74 Å². The molecule has 0 aromatic carbocycles. The van der Waals surface area contributed by atoms with Crippen molar-refractivity contribution in [3.63, 3.8) is 0 Å². The van der Waals surface area contributed by atoms with Crippen molar-refractivity contribution >= 4 is 41.7 Å². The Kier molecular flexibility index (Phi) is 12.8. The van der Waals surface area contributed by atoms with Gasteiger partial charge in [0.05, 0.1) is 13.2 Å². The first-order chi connectivity index (χ1) is 9.27. The molecule has 1 aliphatic heterocycles. The Morgan fingerprint density at radius 1 is 1.60 bits per heavy atom. The van der Waals surface area contributed by atoms with Gasteiger partial charge in [-0.3, -0.25) is 4.99 Å². The zero-order valence-electron chi connectivity index (χ0n) is 12.6. The second-order valence-electron chi connectivity index (χ2n) is 4.71. The van der Waals surface area contributed by atoms with Crippen LogP contribution in [-0.4, -0.2) is 62.3 Å². The molecule has 1 saturated heterocycles. The third-order valence-electron chi connectivity index (χ3n) is 2.99. The summed E-state index contributed by atoms with van der Waals surface area (Å²) in [7, 11) is 2.11. The van der Waals surface area contributed by atoms with Gasteiger partial charge in [0.1, 0.15) is 0 Å². The van der Waals surface area contributed by atoms with Gasteiger partial charge in [-0.1, -0.05) is 6.08 Å². The van der Waals surface area contributed by atoms with Crippen LogP contribution in [0.3, 0.4) is 0 Å². The Balaban J connectivity index is 0.00000361. The normalized spacial score (nSPS) is 18.5. The number of aliphatic imine (C=N–C) groups is 1. The van der Waals surface area contributed by atoms with E-state index in [0.29, 0.717) is 5.92 Å². The maximum absolute atomic E-state index is 5.42. The molecule has 0 amide bonds. The lowest BCUT2D eigenvalue weighted by atomic mass is 10.1. The SMILES string of the molecule is C=CCSCCN=C(NCC)N(C)CC1CCOC1.I. The minimum Gasteiger partial charge on any atom is -0.381 e. The van der Waals surface area contributed by atoms with E-state index in [1.807, 2.05) is 17.8 Å². The molecule has 20 heavy (non-hydrogen) atoms. The lowest BCUT2D eigenvalue weighted by Crippen LogP contribution is -2.41. The van der Waals surface area contributed by atoms with E-state index in [-0.39, 0.29) is 24.0 Å². The molecule has 0 aromatic heterocycles. The number of halogens is 1. The van der Waals surface area contributed by atoms with Gasteiger partial charge in [0.15, 0.2) is 5.96 Å². The van der Waals surface area contributed by atoms with Crippen LogP contribution in [0.4, 0.5) is 0 Å². The molecule has 1 aliphatic rings. The van der Waals surface area contributed by atoms with Gasteiger partial charge in [0, 0.05) is 44.2 Å². The van der Waals surface area contributed by atoms with Gasteiger partial charge >= 0.3 is 0 Å². The predicted octanol–water partition coefficient (Wildman–Crippen LogP) is 2.46. The maximum Gasteiger partial charge on any atom is 0.193 e. The summed E-state index contributed by atoms with van der Waals surface area (Å²) in [5, 5.41) is 3.35. The number of nitrogens with zero attached hydrogens (tertiary/aromatic N) is 2. The molecule has 0 saturated carbocycles. The van der Waals surface area contributed by atoms with Crippen LogP contribution in [0, 0.1) is 5.92 Å². The fraction of sp³-hybridized carbons (Fsp3) is 0.786. The van der Waals surface area contributed by atoms with E-state index in [0.717, 1.165) is 50.3 Å². The average Bonchev–Trinajstić information content (AvgIpc) is 2.90. The lowest BCUT2D eigenvalue weighted by Gasteiger charge is -2.24. The summed E-state index contributed by atoms with van der Waals surface area (Å²) in [6, 6.07) is 0. The van der Waals surface area contributed by atoms with E-state index >= 15 is 0 Å². The number of thioether (sulfide) groups is 1. The summed E-state index contributed by atoms with van der Waals surface area (Å²) in [6.07, 6.45) is 3.10. The molecule has 1 unspecified atom stereocenters. The fourth-order valence-electron chi connectivity index (χ4n) is 2.05. The van der Waals surface area contributed by atoms with E-state index in [9.17, 15) is 0 Å². The van der Waals surface area contributed by atoms with Gasteiger partial charge < -0.3 is 15.0 Å². The van der Waals surface area contributed by atoms with Crippen molar-refractivity contribution in [2.45, 2.75) is 13.3 Å². The topological polar surface area (TPSA) is 36.9 Å². The van der Waals surface area contributed by atoms with Gasteiger partial charge in [-0.05, 0) is 13.3 Å². The van der Waals surface area contributed by atoms with Gasteiger partial charge in [-0.2, -0.15) is 11.8 Å². The Labute approximate surface area is 144 Å². The van der Waals surface area contributed by atoms with Crippen LogP contribution in [0.25, 0.3) is 0 Å². The molecule has 1 rings (SSSR count). The van der Waals surface area contributed by atoms with Crippen LogP contribution in [0.1, 0.15) is 13.3 Å². The number of guanidine groups is 1. The first-order valence-corrected chi connectivity index (χ1v) is 8.19. The predicted molar refractivity (Wildman–Crippen MR) is 100 cm³/mol. The Morgan fingerprint density at radius 3 is 3.00 bits per heavy atom. The van der Waals surface area contributed by atoms with E-state index in [1.165, 1.54) is 6.42 Å². The Morgan fingerprint density at radius 2 is 2.40 bits per heavy atom. The minimum absolute atomic E-state index is 0. The second kappa shape index (κ2) is 12.8. The van der Waals surface area contributed by atoms with Crippen molar-refractivity contribution in [2.24, 2.45) is 10.9 Å². The van der Waals surface area contributed by atoms with Crippen molar-refractivity contribution in [3.05, 3.63) is 12.7 Å². The van der Waals surface area contributed by atoms with Crippen molar-refractivity contribution in [2.75, 3.05) is 51.4 Å². The summed E-state index contributed by atoms with van der Waals surface area (Å²) >= 11 is 1.87. The summed E-state index contributed by atoms with van der Waals surface area (Å²) in [5.41, 5.74) is 0. The van der Waals surface area contributed by atoms with Crippen molar-refractivity contribution in [1.82, 2.24) is 10.2 Å². The smallest absolute Gasteiger partial charge is 0.193 e. The van der Waals surface area contributed by atoms with Crippen LogP contribution in [0.2, 0.25) is 0 Å². The molecule has 0 spiro atoms. The molecular weight excluding hydrogens is 385 g/mol. The summed E-state index contributed by atoms with van der Waals surface area (Å²) < 4.78 is 5.42. The highest BCUT2D eigenvalue weighted by Gasteiger charge is 2.18. The maximum atomic E-state index is 5.42. The molecule has 118 valence electrons. The molecule has 1 N–H and O–H groups in total. The molecule has 0 radical (unpaired) electrons. The first-order valence-electron chi connectivity index (χ1n) is 7.03. The van der Waals surface area contributed by atoms with Gasteiger partial charge in [-0.15, -0.1) is 30.6 Å². The standard InChI is InChI=1S/C14H27N3OS.HI/c1-4-9-19-10-7-16-14(15-5-2)17(3)11-13-6-8-18-12-13;/h4,13H,1,5-12H2,2-3H3,(H,15,16);1H. The van der Waals surface area contributed by atoms with Crippen LogP contribution < -0.4 is 5.32 Å². The quantitative estimate of drug-likeness (QED) is 0.218. The molecule has 0 aliphatic carbocycles. The lowest BCUT2D eigenvalue weighted by molar-refractivity contribution is 0.181. The summed E-state index contributed by atoms with van der Waals surface area (Å²) in [5.74, 6) is 3.69. The Hall–Kier alpha value is 0.0500. The molecule has 0 bridgehead atoms. The zero-order chi connectivity index (χ0) is 13.9. The van der Waals surface area contributed by atoms with Gasteiger partial charge in [0.2, 0.25) is 0 Å². The molecule has 4 nitrogen and oxygen atoms in total. The van der Waals surface area contributed by atoms with E-state index in [2.05, 4.69) is 35.8 Å². The number of hydrogen-bond donors (Lipinski definition) is 1. The van der Waals surface area contributed by atoms with Crippen molar-refractivity contribution < 1.29 is 4.74 Å². The zero-order valence-corrected chi connectivity index (χ0v) is 15.8. The van der Waals surface area contributed by atoms with E-state index in [1.54, 1.807) is 0 Å². The average molecular weight is 413 g/mol. The van der Waals surface area contributed by atoms with Crippen LogP contribution in [0.15, 0.2) is 17.6 Å². The van der Waals surface area contributed by atoms with E-state index in [4.69, 9.17) is 4.74 Å². The highest BCUT2D eigenvalue weighted by Crippen LogP contribution is 2.13. The number of hydrogen-bond acceptors (Lipinski definition) is 3. The number of rotatable bonds is 8.